The monoisotopic (exact) mass is 210 g/mol. The van der Waals surface area contributed by atoms with Crippen molar-refractivity contribution in [3.05, 3.63) is 6.07 Å². The SMILES string of the molecule is CC(C)CCCOc1cc(N)nc(N)n1. The molecule has 0 unspecified atom stereocenters. The molecule has 0 fully saturated rings. The van der Waals surface area contributed by atoms with Crippen LogP contribution in [0.4, 0.5) is 11.8 Å². The van der Waals surface area contributed by atoms with E-state index in [2.05, 4.69) is 23.8 Å². The van der Waals surface area contributed by atoms with Gasteiger partial charge in [0.25, 0.3) is 0 Å². The molecule has 0 saturated heterocycles. The molecule has 0 saturated carbocycles. The molecular formula is C10H18N4O. The first-order valence-electron chi connectivity index (χ1n) is 5.10. The fraction of sp³-hybridized carbons (Fsp3) is 0.600. The Kier molecular flexibility index (Phi) is 4.15. The molecular weight excluding hydrogens is 192 g/mol. The van der Waals surface area contributed by atoms with Crippen molar-refractivity contribution in [2.45, 2.75) is 26.7 Å². The number of anilines is 2. The zero-order valence-corrected chi connectivity index (χ0v) is 9.23. The van der Waals surface area contributed by atoms with Crippen LogP contribution >= 0.6 is 0 Å². The van der Waals surface area contributed by atoms with Crippen molar-refractivity contribution in [3.8, 4) is 5.88 Å². The normalized spacial score (nSPS) is 10.6. The summed E-state index contributed by atoms with van der Waals surface area (Å²) in [5.74, 6) is 1.62. The van der Waals surface area contributed by atoms with Gasteiger partial charge in [0.2, 0.25) is 11.8 Å². The third-order valence-corrected chi connectivity index (χ3v) is 1.92. The predicted molar refractivity (Wildman–Crippen MR) is 60.4 cm³/mol. The van der Waals surface area contributed by atoms with Gasteiger partial charge in [-0.1, -0.05) is 13.8 Å². The molecule has 0 bridgehead atoms. The van der Waals surface area contributed by atoms with Crippen molar-refractivity contribution in [2.75, 3.05) is 18.1 Å². The van der Waals surface area contributed by atoms with Crippen LogP contribution in [0.3, 0.4) is 0 Å². The maximum atomic E-state index is 5.50. The van der Waals surface area contributed by atoms with Crippen LogP contribution in [-0.2, 0) is 0 Å². The van der Waals surface area contributed by atoms with Crippen LogP contribution in [0.5, 0.6) is 5.88 Å². The number of hydrogen-bond donors (Lipinski definition) is 2. The van der Waals surface area contributed by atoms with Crippen molar-refractivity contribution in [3.63, 3.8) is 0 Å². The summed E-state index contributed by atoms with van der Waals surface area (Å²) in [6, 6.07) is 1.58. The highest BCUT2D eigenvalue weighted by atomic mass is 16.5. The van der Waals surface area contributed by atoms with Crippen LogP contribution in [0.25, 0.3) is 0 Å². The van der Waals surface area contributed by atoms with Gasteiger partial charge in [-0.05, 0) is 18.8 Å². The van der Waals surface area contributed by atoms with Gasteiger partial charge in [-0.15, -0.1) is 0 Å². The summed E-state index contributed by atoms with van der Waals surface area (Å²) in [6.45, 7) is 5.00. The largest absolute Gasteiger partial charge is 0.477 e. The molecule has 0 spiro atoms. The third-order valence-electron chi connectivity index (χ3n) is 1.92. The molecule has 1 rings (SSSR count). The maximum Gasteiger partial charge on any atom is 0.225 e. The molecule has 15 heavy (non-hydrogen) atoms. The van der Waals surface area contributed by atoms with E-state index < -0.39 is 0 Å². The Bertz CT molecular complexity index is 294. The van der Waals surface area contributed by atoms with E-state index in [1.807, 2.05) is 0 Å². The Morgan fingerprint density at radius 3 is 2.67 bits per heavy atom. The van der Waals surface area contributed by atoms with Crippen molar-refractivity contribution in [1.29, 1.82) is 0 Å². The molecule has 5 nitrogen and oxygen atoms in total. The Balaban J connectivity index is 2.37. The van der Waals surface area contributed by atoms with Crippen LogP contribution in [0.2, 0.25) is 0 Å². The van der Waals surface area contributed by atoms with Crippen molar-refractivity contribution in [2.24, 2.45) is 5.92 Å². The molecule has 1 aromatic rings. The van der Waals surface area contributed by atoms with E-state index in [0.29, 0.717) is 24.2 Å². The number of hydrogen-bond acceptors (Lipinski definition) is 5. The number of nitrogens with zero attached hydrogens (tertiary/aromatic N) is 2. The highest BCUT2D eigenvalue weighted by Crippen LogP contribution is 2.12. The molecule has 0 radical (unpaired) electrons. The summed E-state index contributed by atoms with van der Waals surface area (Å²) < 4.78 is 5.41. The summed E-state index contributed by atoms with van der Waals surface area (Å²) in [5.41, 5.74) is 10.9. The van der Waals surface area contributed by atoms with Crippen LogP contribution in [0, 0.1) is 5.92 Å². The van der Waals surface area contributed by atoms with Gasteiger partial charge >= 0.3 is 0 Å². The zero-order chi connectivity index (χ0) is 11.3. The quantitative estimate of drug-likeness (QED) is 0.718. The number of rotatable bonds is 5. The molecule has 0 aliphatic carbocycles. The second kappa shape index (κ2) is 5.38. The van der Waals surface area contributed by atoms with E-state index in [1.165, 1.54) is 0 Å². The van der Waals surface area contributed by atoms with Gasteiger partial charge < -0.3 is 16.2 Å². The molecule has 4 N–H and O–H groups in total. The molecule has 1 heterocycles. The Morgan fingerprint density at radius 2 is 2.07 bits per heavy atom. The van der Waals surface area contributed by atoms with Gasteiger partial charge in [0, 0.05) is 6.07 Å². The van der Waals surface area contributed by atoms with Gasteiger partial charge in [0.15, 0.2) is 0 Å². The van der Waals surface area contributed by atoms with Crippen LogP contribution in [0.1, 0.15) is 26.7 Å². The molecule has 0 aliphatic rings. The zero-order valence-electron chi connectivity index (χ0n) is 9.23. The predicted octanol–water partition coefficient (Wildman–Crippen LogP) is 1.46. The average molecular weight is 210 g/mol. The van der Waals surface area contributed by atoms with Gasteiger partial charge in [-0.2, -0.15) is 9.97 Å². The Morgan fingerprint density at radius 1 is 1.33 bits per heavy atom. The number of aromatic nitrogens is 2. The standard InChI is InChI=1S/C10H18N4O/c1-7(2)4-3-5-15-9-6-8(11)13-10(12)14-9/h6-7H,3-5H2,1-2H3,(H4,11,12,13,14). The van der Waals surface area contributed by atoms with Crippen LogP contribution < -0.4 is 16.2 Å². The fourth-order valence-corrected chi connectivity index (χ4v) is 1.20. The van der Waals surface area contributed by atoms with Gasteiger partial charge in [-0.3, -0.25) is 0 Å². The minimum atomic E-state index is 0.147. The van der Waals surface area contributed by atoms with E-state index in [1.54, 1.807) is 6.07 Å². The number of nitrogens with two attached hydrogens (primary N) is 2. The molecule has 0 amide bonds. The van der Waals surface area contributed by atoms with Crippen LogP contribution in [-0.4, -0.2) is 16.6 Å². The summed E-state index contributed by atoms with van der Waals surface area (Å²) in [7, 11) is 0. The molecule has 0 aliphatic heterocycles. The lowest BCUT2D eigenvalue weighted by atomic mass is 10.1. The second-order valence-electron chi connectivity index (χ2n) is 3.87. The molecule has 0 aromatic carbocycles. The Labute approximate surface area is 89.9 Å². The van der Waals surface area contributed by atoms with E-state index in [9.17, 15) is 0 Å². The van der Waals surface area contributed by atoms with Gasteiger partial charge in [0.1, 0.15) is 5.82 Å². The minimum Gasteiger partial charge on any atom is -0.477 e. The average Bonchev–Trinajstić information content (AvgIpc) is 2.10. The third kappa shape index (κ3) is 4.49. The Hall–Kier alpha value is -1.52. The van der Waals surface area contributed by atoms with Gasteiger partial charge in [0.05, 0.1) is 6.61 Å². The molecule has 5 heteroatoms. The smallest absolute Gasteiger partial charge is 0.225 e. The molecule has 84 valence electrons. The summed E-state index contributed by atoms with van der Waals surface area (Å²) in [4.78, 5) is 7.67. The lowest BCUT2D eigenvalue weighted by molar-refractivity contribution is 0.287. The molecule has 0 atom stereocenters. The second-order valence-corrected chi connectivity index (χ2v) is 3.87. The maximum absolute atomic E-state index is 5.50. The van der Waals surface area contributed by atoms with Gasteiger partial charge in [-0.25, -0.2) is 0 Å². The first kappa shape index (κ1) is 11.6. The van der Waals surface area contributed by atoms with E-state index in [4.69, 9.17) is 16.2 Å². The van der Waals surface area contributed by atoms with Crippen molar-refractivity contribution >= 4 is 11.8 Å². The number of ether oxygens (including phenoxy) is 1. The summed E-state index contributed by atoms with van der Waals surface area (Å²) in [6.07, 6.45) is 2.14. The van der Waals surface area contributed by atoms with E-state index in [-0.39, 0.29) is 5.95 Å². The fourth-order valence-electron chi connectivity index (χ4n) is 1.20. The first-order chi connectivity index (χ1) is 7.08. The van der Waals surface area contributed by atoms with Crippen molar-refractivity contribution in [1.82, 2.24) is 9.97 Å². The molecule has 1 aromatic heterocycles. The highest BCUT2D eigenvalue weighted by molar-refractivity contribution is 5.38. The van der Waals surface area contributed by atoms with E-state index in [0.717, 1.165) is 12.8 Å². The van der Waals surface area contributed by atoms with Crippen molar-refractivity contribution < 1.29 is 4.74 Å². The topological polar surface area (TPSA) is 87.0 Å². The minimum absolute atomic E-state index is 0.147. The first-order valence-corrected chi connectivity index (χ1v) is 5.10. The lowest BCUT2D eigenvalue weighted by Crippen LogP contribution is -2.05. The van der Waals surface area contributed by atoms with E-state index >= 15 is 0 Å². The number of nitrogen functional groups attached to an aromatic ring is 2. The van der Waals surface area contributed by atoms with Crippen LogP contribution in [0.15, 0.2) is 6.07 Å². The highest BCUT2D eigenvalue weighted by Gasteiger charge is 2.01. The summed E-state index contributed by atoms with van der Waals surface area (Å²) >= 11 is 0. The lowest BCUT2D eigenvalue weighted by Gasteiger charge is -2.07. The summed E-state index contributed by atoms with van der Waals surface area (Å²) in [5, 5.41) is 0.